The largest absolute Gasteiger partial charge is 0.496 e. The standard InChI is InChI=1S/C26H37NO6S2/c1-5-7-15-26(6-2)19-35(30,31)24-17-21(14-11-16-33-34(4,28)29)23(32-3)18-22(24)25(27-26)20-12-9-8-10-13-20/h8-10,12-13,17-18,25,27H,5-7,11,14-16,19H2,1-4H3/p+1/t25-,26-/m1/s1. The van der Waals surface area contributed by atoms with Crippen molar-refractivity contribution in [3.63, 3.8) is 0 Å². The summed E-state index contributed by atoms with van der Waals surface area (Å²) in [6.07, 6.45) is 5.43. The van der Waals surface area contributed by atoms with Gasteiger partial charge in [-0.1, -0.05) is 57.0 Å². The number of aryl methyl sites for hydroxylation is 1. The first kappa shape index (κ1) is 27.8. The molecule has 0 saturated heterocycles. The van der Waals surface area contributed by atoms with Gasteiger partial charge in [-0.05, 0) is 58.7 Å². The molecule has 35 heavy (non-hydrogen) atoms. The number of hydrogen-bond donors (Lipinski definition) is 2. The minimum atomic E-state index is -3.61. The zero-order chi connectivity index (χ0) is 25.7. The van der Waals surface area contributed by atoms with Crippen molar-refractivity contribution in [3.8, 4) is 5.75 Å². The SMILES string of the molecule is CCCC[C@]1(CC)CS(=O)(=O)c2cc(CCCO[S+](C)(=O)O)c(OC)cc2[C@@H](c2ccccc2)N1. The molecule has 0 bridgehead atoms. The van der Waals surface area contributed by atoms with Crippen molar-refractivity contribution in [1.82, 2.24) is 5.32 Å². The van der Waals surface area contributed by atoms with Crippen LogP contribution in [0.4, 0.5) is 0 Å². The number of benzene rings is 2. The van der Waals surface area contributed by atoms with Gasteiger partial charge in [0, 0.05) is 5.54 Å². The summed E-state index contributed by atoms with van der Waals surface area (Å²) in [6.45, 7) is 4.25. The van der Waals surface area contributed by atoms with Crippen LogP contribution >= 0.6 is 0 Å². The van der Waals surface area contributed by atoms with Crippen molar-refractivity contribution in [3.05, 3.63) is 59.2 Å². The monoisotopic (exact) mass is 524 g/mol. The van der Waals surface area contributed by atoms with E-state index in [4.69, 9.17) is 8.92 Å². The van der Waals surface area contributed by atoms with Crippen molar-refractivity contribution in [2.24, 2.45) is 0 Å². The summed E-state index contributed by atoms with van der Waals surface area (Å²) in [7, 11) is -5.31. The lowest BCUT2D eigenvalue weighted by Gasteiger charge is -2.36. The summed E-state index contributed by atoms with van der Waals surface area (Å²) < 4.78 is 59.1. The minimum Gasteiger partial charge on any atom is -0.496 e. The lowest BCUT2D eigenvalue weighted by atomic mass is 9.87. The number of methoxy groups -OCH3 is 1. The van der Waals surface area contributed by atoms with Crippen LogP contribution in [0, 0.1) is 0 Å². The van der Waals surface area contributed by atoms with Crippen molar-refractivity contribution in [1.29, 1.82) is 0 Å². The molecule has 3 atom stereocenters. The molecular weight excluding hydrogens is 486 g/mol. The number of hydrogen-bond acceptors (Lipinski definition) is 6. The summed E-state index contributed by atoms with van der Waals surface area (Å²) in [6, 6.07) is 13.2. The van der Waals surface area contributed by atoms with Gasteiger partial charge in [0.1, 0.15) is 12.4 Å². The number of ether oxygens (including phenoxy) is 1. The van der Waals surface area contributed by atoms with Gasteiger partial charge in [-0.25, -0.2) is 8.42 Å². The Kier molecular flexibility index (Phi) is 9.15. The summed E-state index contributed by atoms with van der Waals surface area (Å²) in [5.74, 6) is 0.630. The molecule has 0 spiro atoms. The van der Waals surface area contributed by atoms with Crippen LogP contribution in [0.1, 0.15) is 68.7 Å². The van der Waals surface area contributed by atoms with Gasteiger partial charge < -0.3 is 4.74 Å². The van der Waals surface area contributed by atoms with Crippen molar-refractivity contribution < 1.29 is 26.1 Å². The molecule has 0 aromatic heterocycles. The Morgan fingerprint density at radius 3 is 2.49 bits per heavy atom. The average molecular weight is 525 g/mol. The van der Waals surface area contributed by atoms with E-state index in [1.54, 1.807) is 13.2 Å². The fourth-order valence-electron chi connectivity index (χ4n) is 4.79. The van der Waals surface area contributed by atoms with Gasteiger partial charge in [0.05, 0.1) is 23.8 Å². The van der Waals surface area contributed by atoms with Crippen LogP contribution in [0.3, 0.4) is 0 Å². The first-order valence-electron chi connectivity index (χ1n) is 12.2. The van der Waals surface area contributed by atoms with Crippen LogP contribution in [-0.4, -0.2) is 44.2 Å². The molecule has 0 radical (unpaired) electrons. The first-order valence-corrected chi connectivity index (χ1v) is 15.7. The number of unbranched alkanes of at least 4 members (excludes halogenated alkanes) is 1. The van der Waals surface area contributed by atoms with E-state index in [0.717, 1.165) is 36.6 Å². The van der Waals surface area contributed by atoms with Gasteiger partial charge in [-0.3, -0.25) is 5.32 Å². The molecule has 0 amide bonds. The highest BCUT2D eigenvalue weighted by molar-refractivity contribution is 7.92. The Bertz CT molecular complexity index is 1150. The van der Waals surface area contributed by atoms with Crippen LogP contribution in [-0.2, 0) is 35.1 Å². The zero-order valence-corrected chi connectivity index (χ0v) is 22.7. The van der Waals surface area contributed by atoms with E-state index in [9.17, 15) is 17.2 Å². The molecule has 1 unspecified atom stereocenters. The quantitative estimate of drug-likeness (QED) is 0.316. The molecule has 7 nitrogen and oxygen atoms in total. The molecule has 194 valence electrons. The Balaban J connectivity index is 2.10. The van der Waals surface area contributed by atoms with E-state index >= 15 is 0 Å². The number of fused-ring (bicyclic) bond motifs is 1. The fourth-order valence-corrected chi connectivity index (χ4v) is 7.39. The predicted molar refractivity (Wildman–Crippen MR) is 140 cm³/mol. The fraction of sp³-hybridized carbons (Fsp3) is 0.538. The predicted octanol–water partition coefficient (Wildman–Crippen LogP) is 4.97. The lowest BCUT2D eigenvalue weighted by Crippen LogP contribution is -2.50. The molecule has 1 heterocycles. The topological polar surface area (TPSA) is 102 Å². The van der Waals surface area contributed by atoms with Gasteiger partial charge in [-0.2, -0.15) is 4.55 Å². The van der Waals surface area contributed by atoms with Crippen LogP contribution in [0.15, 0.2) is 47.4 Å². The van der Waals surface area contributed by atoms with Crippen LogP contribution in [0.5, 0.6) is 5.75 Å². The molecule has 1 aliphatic rings. The van der Waals surface area contributed by atoms with E-state index in [-0.39, 0.29) is 18.4 Å². The molecule has 2 aromatic rings. The summed E-state index contributed by atoms with van der Waals surface area (Å²) in [5, 5.41) is 3.77. The van der Waals surface area contributed by atoms with Gasteiger partial charge in [0.2, 0.25) is 0 Å². The zero-order valence-electron chi connectivity index (χ0n) is 21.1. The third-order valence-corrected chi connectivity index (χ3v) is 9.25. The van der Waals surface area contributed by atoms with E-state index in [0.29, 0.717) is 35.5 Å². The van der Waals surface area contributed by atoms with Gasteiger partial charge in [0.15, 0.2) is 16.1 Å². The normalized spacial score (nSPS) is 23.2. The van der Waals surface area contributed by atoms with Crippen LogP contribution in [0.25, 0.3) is 0 Å². The molecule has 2 aromatic carbocycles. The second kappa shape index (κ2) is 11.5. The highest BCUT2D eigenvalue weighted by atomic mass is 32.3. The van der Waals surface area contributed by atoms with Gasteiger partial charge >= 0.3 is 10.5 Å². The second-order valence-electron chi connectivity index (χ2n) is 9.34. The Labute approximate surface area is 211 Å². The first-order chi connectivity index (χ1) is 16.5. The van der Waals surface area contributed by atoms with Gasteiger partial charge in [-0.15, -0.1) is 4.18 Å². The number of nitrogens with one attached hydrogen (secondary N) is 1. The average Bonchev–Trinajstić information content (AvgIpc) is 2.92. The molecule has 2 N–H and O–H groups in total. The summed E-state index contributed by atoms with van der Waals surface area (Å²) in [5.41, 5.74) is 1.89. The van der Waals surface area contributed by atoms with Crippen LogP contribution in [0.2, 0.25) is 0 Å². The number of rotatable bonds is 11. The van der Waals surface area contributed by atoms with Crippen molar-refractivity contribution in [2.45, 2.75) is 68.8 Å². The molecule has 0 saturated carbocycles. The molecule has 9 heteroatoms. The van der Waals surface area contributed by atoms with Crippen molar-refractivity contribution in [2.75, 3.05) is 25.7 Å². The number of sulfone groups is 1. The molecule has 0 fully saturated rings. The Morgan fingerprint density at radius 2 is 1.89 bits per heavy atom. The summed E-state index contributed by atoms with van der Waals surface area (Å²) >= 11 is 0. The summed E-state index contributed by atoms with van der Waals surface area (Å²) in [4.78, 5) is 0.323. The third kappa shape index (κ3) is 6.92. The minimum absolute atomic E-state index is 0.0319. The highest BCUT2D eigenvalue weighted by Crippen LogP contribution is 2.41. The van der Waals surface area contributed by atoms with Crippen molar-refractivity contribution >= 4 is 20.3 Å². The van der Waals surface area contributed by atoms with Gasteiger partial charge in [0.25, 0.3) is 0 Å². The molecule has 0 aliphatic carbocycles. The maximum atomic E-state index is 13.8. The third-order valence-electron chi connectivity index (χ3n) is 6.69. The molecule has 3 rings (SSSR count). The second-order valence-corrected chi connectivity index (χ2v) is 13.0. The smallest absolute Gasteiger partial charge is 0.349 e. The molecular formula is C26H38NO6S2+. The van der Waals surface area contributed by atoms with Crippen LogP contribution < -0.4 is 10.1 Å². The lowest BCUT2D eigenvalue weighted by molar-refractivity contribution is 0.279. The maximum absolute atomic E-state index is 13.8. The van der Waals surface area contributed by atoms with E-state index in [1.807, 2.05) is 36.4 Å². The van der Waals surface area contributed by atoms with E-state index < -0.39 is 25.9 Å². The Hall–Kier alpha value is -1.78. The van der Waals surface area contributed by atoms with E-state index in [1.165, 1.54) is 0 Å². The maximum Gasteiger partial charge on any atom is 0.349 e. The highest BCUT2D eigenvalue weighted by Gasteiger charge is 2.42. The molecule has 1 aliphatic heterocycles. The Morgan fingerprint density at radius 1 is 1.17 bits per heavy atom. The van der Waals surface area contributed by atoms with E-state index in [2.05, 4.69) is 19.2 Å².